The Morgan fingerprint density at radius 3 is 2.75 bits per heavy atom. The molecule has 16 heavy (non-hydrogen) atoms. The minimum Gasteiger partial charge on any atom is -0.377 e. The topological polar surface area (TPSA) is 30.5 Å². The summed E-state index contributed by atoms with van der Waals surface area (Å²) < 4.78 is 11.5. The number of nitrogens with one attached hydrogen (secondary N) is 1. The van der Waals surface area contributed by atoms with Crippen molar-refractivity contribution in [3.8, 4) is 0 Å². The Morgan fingerprint density at radius 2 is 2.00 bits per heavy atom. The molecule has 3 nitrogen and oxygen atoms in total. The molecule has 0 aromatic heterocycles. The van der Waals surface area contributed by atoms with Crippen LogP contribution in [0.1, 0.15) is 45.4 Å². The summed E-state index contributed by atoms with van der Waals surface area (Å²) in [6.07, 6.45) is 7.42. The molecule has 0 amide bonds. The predicted octanol–water partition coefficient (Wildman–Crippen LogP) is 2.06. The van der Waals surface area contributed by atoms with Crippen LogP contribution >= 0.6 is 0 Å². The highest BCUT2D eigenvalue weighted by Gasteiger charge is 2.49. The highest BCUT2D eigenvalue weighted by atomic mass is 16.5. The average molecular weight is 225 g/mol. The van der Waals surface area contributed by atoms with E-state index < -0.39 is 0 Å². The molecule has 1 aliphatic carbocycles. The van der Waals surface area contributed by atoms with E-state index in [-0.39, 0.29) is 11.3 Å². The first-order valence-corrected chi connectivity index (χ1v) is 6.73. The summed E-state index contributed by atoms with van der Waals surface area (Å²) in [5.41, 5.74) is 0.235. The molecule has 3 aliphatic rings. The number of rotatable bonds is 0. The van der Waals surface area contributed by atoms with Crippen molar-refractivity contribution in [2.24, 2.45) is 5.92 Å². The Hall–Kier alpha value is -0.120. The fourth-order valence-corrected chi connectivity index (χ4v) is 3.34. The van der Waals surface area contributed by atoms with E-state index in [2.05, 4.69) is 12.2 Å². The van der Waals surface area contributed by atoms with Crippen LogP contribution in [-0.2, 0) is 9.47 Å². The molecule has 0 aromatic carbocycles. The van der Waals surface area contributed by atoms with E-state index in [0.29, 0.717) is 0 Å². The Kier molecular flexibility index (Phi) is 2.73. The standard InChI is InChI=1S/C13H23NO2/c1-11-3-2-5-13(6-4-11)14-12(7-8-16-13)9-15-10-12/h11,14H,2-10H2,1H3. The van der Waals surface area contributed by atoms with Crippen molar-refractivity contribution in [2.45, 2.75) is 56.7 Å². The molecule has 0 bridgehead atoms. The minimum atomic E-state index is -0.0210. The molecule has 92 valence electrons. The maximum atomic E-state index is 6.10. The molecule has 2 unspecified atom stereocenters. The molecule has 2 heterocycles. The van der Waals surface area contributed by atoms with Crippen LogP contribution in [0.3, 0.4) is 0 Å². The first-order valence-electron chi connectivity index (χ1n) is 6.73. The molecule has 2 spiro atoms. The van der Waals surface area contributed by atoms with Crippen LogP contribution in [-0.4, -0.2) is 31.1 Å². The number of hydrogen-bond donors (Lipinski definition) is 1. The molecular formula is C13H23NO2. The molecule has 2 atom stereocenters. The van der Waals surface area contributed by atoms with Crippen molar-refractivity contribution >= 4 is 0 Å². The fraction of sp³-hybridized carbons (Fsp3) is 1.00. The van der Waals surface area contributed by atoms with Crippen molar-refractivity contribution in [2.75, 3.05) is 19.8 Å². The Bertz CT molecular complexity index is 265. The van der Waals surface area contributed by atoms with Gasteiger partial charge in [0.05, 0.1) is 25.4 Å². The van der Waals surface area contributed by atoms with Gasteiger partial charge in [0.2, 0.25) is 0 Å². The van der Waals surface area contributed by atoms with Gasteiger partial charge in [0.1, 0.15) is 5.72 Å². The zero-order valence-corrected chi connectivity index (χ0v) is 10.3. The maximum absolute atomic E-state index is 6.10. The van der Waals surface area contributed by atoms with E-state index >= 15 is 0 Å². The van der Waals surface area contributed by atoms with Crippen molar-refractivity contribution in [3.05, 3.63) is 0 Å². The quantitative estimate of drug-likeness (QED) is 0.684. The molecule has 1 saturated carbocycles. The van der Waals surface area contributed by atoms with Gasteiger partial charge in [-0.25, -0.2) is 0 Å². The Labute approximate surface area is 97.9 Å². The predicted molar refractivity (Wildman–Crippen MR) is 62.2 cm³/mol. The second kappa shape index (κ2) is 3.97. The van der Waals surface area contributed by atoms with E-state index in [1.54, 1.807) is 0 Å². The lowest BCUT2D eigenvalue weighted by Crippen LogP contribution is -2.71. The molecule has 2 aliphatic heterocycles. The third kappa shape index (κ3) is 1.89. The van der Waals surface area contributed by atoms with Crippen LogP contribution in [0.25, 0.3) is 0 Å². The van der Waals surface area contributed by atoms with Gasteiger partial charge < -0.3 is 9.47 Å². The van der Waals surface area contributed by atoms with Gasteiger partial charge in [0.25, 0.3) is 0 Å². The van der Waals surface area contributed by atoms with Crippen molar-refractivity contribution in [3.63, 3.8) is 0 Å². The second-order valence-corrected chi connectivity index (χ2v) is 6.03. The van der Waals surface area contributed by atoms with Crippen LogP contribution in [0.4, 0.5) is 0 Å². The third-order valence-electron chi connectivity index (χ3n) is 4.53. The summed E-state index contributed by atoms with van der Waals surface area (Å²) in [6.45, 7) is 5.04. The van der Waals surface area contributed by atoms with Crippen molar-refractivity contribution in [1.29, 1.82) is 0 Å². The SMILES string of the molecule is CC1CCCC2(CC1)NC1(CCO2)COC1. The number of ether oxygens (including phenoxy) is 2. The van der Waals surface area contributed by atoms with Gasteiger partial charge in [0.15, 0.2) is 0 Å². The Balaban J connectivity index is 1.71. The zero-order chi connectivity index (χ0) is 11.1. The summed E-state index contributed by atoms with van der Waals surface area (Å²) in [6, 6.07) is 0. The van der Waals surface area contributed by atoms with Gasteiger partial charge in [-0.15, -0.1) is 0 Å². The van der Waals surface area contributed by atoms with Crippen molar-refractivity contribution < 1.29 is 9.47 Å². The van der Waals surface area contributed by atoms with Gasteiger partial charge in [-0.2, -0.15) is 0 Å². The van der Waals surface area contributed by atoms with Gasteiger partial charge in [-0.05, 0) is 38.0 Å². The largest absolute Gasteiger partial charge is 0.377 e. The fourth-order valence-electron chi connectivity index (χ4n) is 3.34. The molecular weight excluding hydrogens is 202 g/mol. The lowest BCUT2D eigenvalue weighted by atomic mass is 9.87. The molecule has 3 heteroatoms. The maximum Gasteiger partial charge on any atom is 0.119 e. The van der Waals surface area contributed by atoms with E-state index in [9.17, 15) is 0 Å². The lowest BCUT2D eigenvalue weighted by Gasteiger charge is -2.53. The van der Waals surface area contributed by atoms with Gasteiger partial charge in [0, 0.05) is 0 Å². The average Bonchev–Trinajstić information content (AvgIpc) is 2.40. The normalized spacial score (nSPS) is 42.9. The highest BCUT2D eigenvalue weighted by molar-refractivity contribution is 5.02. The zero-order valence-electron chi connectivity index (χ0n) is 10.3. The van der Waals surface area contributed by atoms with Crippen molar-refractivity contribution in [1.82, 2.24) is 5.32 Å². The lowest BCUT2D eigenvalue weighted by molar-refractivity contribution is -0.200. The summed E-state index contributed by atoms with van der Waals surface area (Å²) in [4.78, 5) is 0. The van der Waals surface area contributed by atoms with E-state index in [1.807, 2.05) is 0 Å². The highest BCUT2D eigenvalue weighted by Crippen LogP contribution is 2.38. The molecule has 2 saturated heterocycles. The van der Waals surface area contributed by atoms with Crippen LogP contribution in [0, 0.1) is 5.92 Å². The van der Waals surface area contributed by atoms with Gasteiger partial charge >= 0.3 is 0 Å². The smallest absolute Gasteiger partial charge is 0.119 e. The molecule has 3 fully saturated rings. The molecule has 1 N–H and O–H groups in total. The Morgan fingerprint density at radius 1 is 1.12 bits per heavy atom. The van der Waals surface area contributed by atoms with Crippen LogP contribution < -0.4 is 5.32 Å². The monoisotopic (exact) mass is 225 g/mol. The third-order valence-corrected chi connectivity index (χ3v) is 4.53. The van der Waals surface area contributed by atoms with E-state index in [0.717, 1.165) is 32.2 Å². The van der Waals surface area contributed by atoms with Crippen LogP contribution in [0.5, 0.6) is 0 Å². The molecule has 0 aromatic rings. The number of hydrogen-bond acceptors (Lipinski definition) is 3. The minimum absolute atomic E-state index is 0.0210. The summed E-state index contributed by atoms with van der Waals surface area (Å²) in [5.74, 6) is 0.861. The van der Waals surface area contributed by atoms with Crippen LogP contribution in [0.15, 0.2) is 0 Å². The van der Waals surface area contributed by atoms with Gasteiger partial charge in [-0.3, -0.25) is 5.32 Å². The molecule has 3 rings (SSSR count). The first-order chi connectivity index (χ1) is 7.72. The summed E-state index contributed by atoms with van der Waals surface area (Å²) >= 11 is 0. The summed E-state index contributed by atoms with van der Waals surface area (Å²) in [7, 11) is 0. The summed E-state index contributed by atoms with van der Waals surface area (Å²) in [5, 5.41) is 3.80. The van der Waals surface area contributed by atoms with E-state index in [4.69, 9.17) is 9.47 Å². The van der Waals surface area contributed by atoms with Gasteiger partial charge in [-0.1, -0.05) is 13.3 Å². The second-order valence-electron chi connectivity index (χ2n) is 6.03. The molecule has 0 radical (unpaired) electrons. The van der Waals surface area contributed by atoms with Crippen LogP contribution in [0.2, 0.25) is 0 Å². The van der Waals surface area contributed by atoms with E-state index in [1.165, 1.54) is 32.1 Å². The first kappa shape index (κ1) is 11.0.